The van der Waals surface area contributed by atoms with Crippen LogP contribution in [0, 0.1) is 20.8 Å². The lowest BCUT2D eigenvalue weighted by Crippen LogP contribution is -2.14. The Morgan fingerprint density at radius 3 is 2.12 bits per heavy atom. The molecule has 84 valence electrons. The van der Waals surface area contributed by atoms with Crippen molar-refractivity contribution >= 4 is 11.3 Å². The molecule has 2 aromatic rings. The van der Waals surface area contributed by atoms with Gasteiger partial charge in [-0.2, -0.15) is 0 Å². The zero-order valence-electron chi connectivity index (χ0n) is 9.95. The molecule has 0 bridgehead atoms. The summed E-state index contributed by atoms with van der Waals surface area (Å²) in [5.41, 5.74) is 11.5. The molecule has 1 aromatic heterocycles. The summed E-state index contributed by atoms with van der Waals surface area (Å²) in [5, 5.41) is 2.11. The first kappa shape index (κ1) is 11.4. The van der Waals surface area contributed by atoms with E-state index in [1.165, 1.54) is 27.1 Å². The molecule has 2 N–H and O–H groups in total. The van der Waals surface area contributed by atoms with Crippen LogP contribution in [0.15, 0.2) is 29.6 Å². The van der Waals surface area contributed by atoms with Crippen molar-refractivity contribution in [2.24, 2.45) is 5.73 Å². The van der Waals surface area contributed by atoms with E-state index in [-0.39, 0.29) is 6.04 Å². The second-order valence-corrected chi connectivity index (χ2v) is 5.20. The van der Waals surface area contributed by atoms with E-state index in [2.05, 4.69) is 50.4 Å². The second-order valence-electron chi connectivity index (χ2n) is 4.25. The van der Waals surface area contributed by atoms with Gasteiger partial charge in [-0.15, -0.1) is 11.3 Å². The first-order valence-corrected chi connectivity index (χ1v) is 6.35. The topological polar surface area (TPSA) is 26.0 Å². The standard InChI is InChI=1S/C14H17NS/c1-9-5-4-6-10(2)12(9)13(15)14-11(3)7-8-16-14/h4-8,13H,15H2,1-3H3. The van der Waals surface area contributed by atoms with Gasteiger partial charge in [-0.05, 0) is 54.5 Å². The molecule has 1 nitrogen and oxygen atoms in total. The summed E-state index contributed by atoms with van der Waals surface area (Å²) in [7, 11) is 0. The normalized spacial score (nSPS) is 12.8. The van der Waals surface area contributed by atoms with Crippen molar-refractivity contribution in [3.8, 4) is 0 Å². The highest BCUT2D eigenvalue weighted by atomic mass is 32.1. The number of benzene rings is 1. The van der Waals surface area contributed by atoms with Gasteiger partial charge >= 0.3 is 0 Å². The van der Waals surface area contributed by atoms with Gasteiger partial charge in [0.15, 0.2) is 0 Å². The van der Waals surface area contributed by atoms with Crippen LogP contribution >= 0.6 is 11.3 Å². The van der Waals surface area contributed by atoms with Crippen molar-refractivity contribution in [3.63, 3.8) is 0 Å². The van der Waals surface area contributed by atoms with E-state index < -0.39 is 0 Å². The van der Waals surface area contributed by atoms with Gasteiger partial charge in [0.05, 0.1) is 6.04 Å². The third kappa shape index (κ3) is 1.91. The molecule has 0 aliphatic rings. The maximum absolute atomic E-state index is 6.37. The molecule has 1 aromatic carbocycles. The molecule has 1 heterocycles. The molecule has 2 rings (SSSR count). The van der Waals surface area contributed by atoms with Crippen LogP contribution in [-0.2, 0) is 0 Å². The van der Waals surface area contributed by atoms with E-state index >= 15 is 0 Å². The summed E-state index contributed by atoms with van der Waals surface area (Å²) < 4.78 is 0. The fourth-order valence-corrected chi connectivity index (χ4v) is 3.09. The lowest BCUT2D eigenvalue weighted by molar-refractivity contribution is 0.864. The summed E-state index contributed by atoms with van der Waals surface area (Å²) in [6.45, 7) is 6.38. The van der Waals surface area contributed by atoms with E-state index in [0.29, 0.717) is 0 Å². The first-order valence-electron chi connectivity index (χ1n) is 5.47. The molecule has 1 unspecified atom stereocenters. The highest BCUT2D eigenvalue weighted by Gasteiger charge is 2.16. The minimum Gasteiger partial charge on any atom is -0.320 e. The van der Waals surface area contributed by atoms with Gasteiger partial charge in [0.2, 0.25) is 0 Å². The number of hydrogen-bond acceptors (Lipinski definition) is 2. The van der Waals surface area contributed by atoms with Crippen LogP contribution in [0.4, 0.5) is 0 Å². The molecule has 0 fully saturated rings. The van der Waals surface area contributed by atoms with Crippen LogP contribution in [0.1, 0.15) is 33.2 Å². The lowest BCUT2D eigenvalue weighted by atomic mass is 9.95. The van der Waals surface area contributed by atoms with Gasteiger partial charge in [-0.1, -0.05) is 18.2 Å². The van der Waals surface area contributed by atoms with Crippen molar-refractivity contribution in [1.82, 2.24) is 0 Å². The van der Waals surface area contributed by atoms with Crippen molar-refractivity contribution in [2.75, 3.05) is 0 Å². The molecule has 16 heavy (non-hydrogen) atoms. The zero-order chi connectivity index (χ0) is 11.7. The van der Waals surface area contributed by atoms with Crippen molar-refractivity contribution in [1.29, 1.82) is 0 Å². The summed E-state index contributed by atoms with van der Waals surface area (Å²) in [6.07, 6.45) is 0. The SMILES string of the molecule is Cc1ccsc1C(N)c1c(C)cccc1C. The Labute approximate surface area is 101 Å². The average molecular weight is 231 g/mol. The maximum atomic E-state index is 6.37. The smallest absolute Gasteiger partial charge is 0.0653 e. The highest BCUT2D eigenvalue weighted by molar-refractivity contribution is 7.10. The molecule has 2 heteroatoms. The van der Waals surface area contributed by atoms with Gasteiger partial charge in [0, 0.05) is 4.88 Å². The Morgan fingerprint density at radius 2 is 1.62 bits per heavy atom. The number of hydrogen-bond donors (Lipinski definition) is 1. The van der Waals surface area contributed by atoms with Crippen molar-refractivity contribution < 1.29 is 0 Å². The molecular weight excluding hydrogens is 214 g/mol. The minimum absolute atomic E-state index is 0.0150. The summed E-state index contributed by atoms with van der Waals surface area (Å²) >= 11 is 1.74. The van der Waals surface area contributed by atoms with E-state index in [1.54, 1.807) is 11.3 Å². The Balaban J connectivity index is 2.49. The molecule has 1 atom stereocenters. The lowest BCUT2D eigenvalue weighted by Gasteiger charge is -2.17. The molecular formula is C14H17NS. The minimum atomic E-state index is 0.0150. The molecule has 0 amide bonds. The van der Waals surface area contributed by atoms with Gasteiger partial charge in [-0.25, -0.2) is 0 Å². The van der Waals surface area contributed by atoms with Crippen LogP contribution in [0.2, 0.25) is 0 Å². The van der Waals surface area contributed by atoms with Crippen LogP contribution in [0.25, 0.3) is 0 Å². The Morgan fingerprint density at radius 1 is 1.00 bits per heavy atom. The number of aryl methyl sites for hydroxylation is 3. The Kier molecular flexibility index (Phi) is 3.13. The van der Waals surface area contributed by atoms with Crippen molar-refractivity contribution in [3.05, 3.63) is 56.8 Å². The quantitative estimate of drug-likeness (QED) is 0.837. The summed E-state index contributed by atoms with van der Waals surface area (Å²) in [6, 6.07) is 8.49. The predicted molar refractivity (Wildman–Crippen MR) is 71.0 cm³/mol. The third-order valence-corrected chi connectivity index (χ3v) is 4.14. The number of nitrogens with two attached hydrogens (primary N) is 1. The molecule has 0 aliphatic carbocycles. The molecule has 0 saturated carbocycles. The van der Waals surface area contributed by atoms with E-state index in [4.69, 9.17) is 5.73 Å². The van der Waals surface area contributed by atoms with E-state index in [1.807, 2.05) is 0 Å². The summed E-state index contributed by atoms with van der Waals surface area (Å²) in [4.78, 5) is 1.28. The van der Waals surface area contributed by atoms with Gasteiger partial charge in [0.1, 0.15) is 0 Å². The Hall–Kier alpha value is -1.12. The maximum Gasteiger partial charge on any atom is 0.0653 e. The first-order chi connectivity index (χ1) is 7.61. The fraction of sp³-hybridized carbons (Fsp3) is 0.286. The van der Waals surface area contributed by atoms with E-state index in [9.17, 15) is 0 Å². The van der Waals surface area contributed by atoms with Gasteiger partial charge < -0.3 is 5.73 Å². The van der Waals surface area contributed by atoms with Gasteiger partial charge in [-0.3, -0.25) is 0 Å². The van der Waals surface area contributed by atoms with Crippen LogP contribution in [0.5, 0.6) is 0 Å². The predicted octanol–water partition coefficient (Wildman–Crippen LogP) is 3.72. The van der Waals surface area contributed by atoms with E-state index in [0.717, 1.165) is 0 Å². The summed E-state index contributed by atoms with van der Waals surface area (Å²) in [5.74, 6) is 0. The van der Waals surface area contributed by atoms with Crippen LogP contribution in [0.3, 0.4) is 0 Å². The zero-order valence-corrected chi connectivity index (χ0v) is 10.8. The highest BCUT2D eigenvalue weighted by Crippen LogP contribution is 2.30. The molecule has 0 aliphatic heterocycles. The second kappa shape index (κ2) is 4.40. The largest absolute Gasteiger partial charge is 0.320 e. The fourth-order valence-electron chi connectivity index (χ4n) is 2.15. The average Bonchev–Trinajstić information content (AvgIpc) is 2.64. The van der Waals surface area contributed by atoms with Gasteiger partial charge in [0.25, 0.3) is 0 Å². The van der Waals surface area contributed by atoms with Crippen LogP contribution in [-0.4, -0.2) is 0 Å². The number of rotatable bonds is 2. The molecule has 0 spiro atoms. The monoisotopic (exact) mass is 231 g/mol. The van der Waals surface area contributed by atoms with Crippen LogP contribution < -0.4 is 5.73 Å². The molecule has 0 radical (unpaired) electrons. The Bertz CT molecular complexity index is 479. The number of thiophene rings is 1. The van der Waals surface area contributed by atoms with Crippen molar-refractivity contribution in [2.45, 2.75) is 26.8 Å². The molecule has 0 saturated heterocycles. The third-order valence-electron chi connectivity index (χ3n) is 3.04.